The number of carbonyl (C=O) groups excluding carboxylic acids is 1. The molecule has 1 aromatic carbocycles. The predicted molar refractivity (Wildman–Crippen MR) is 116 cm³/mol. The molecule has 0 saturated heterocycles. The molecule has 2 aliphatic carbocycles. The molecule has 1 unspecified atom stereocenters. The van der Waals surface area contributed by atoms with Crippen LogP contribution in [0.2, 0.25) is 0 Å². The van der Waals surface area contributed by atoms with Crippen LogP contribution in [0.1, 0.15) is 51.0 Å². The number of nitrogens with zero attached hydrogens (tertiary/aromatic N) is 3. The highest BCUT2D eigenvalue weighted by atomic mass is 32.2. The standard InChI is InChI=1S/C21H23FN4O3S2/c22-19-12-23-21(30-19)25-20(27)17(10-13-4-1-2-5-13)26-16-6-3-7-18(15(16)11-24-26)31(28,29)14-8-9-14/h3,6-7,11-14,17H,1-2,4-5,8-10H2,(H,23,25,27). The van der Waals surface area contributed by atoms with Gasteiger partial charge in [0, 0.05) is 5.39 Å². The van der Waals surface area contributed by atoms with Crippen molar-refractivity contribution in [1.29, 1.82) is 0 Å². The third kappa shape index (κ3) is 3.98. The maximum absolute atomic E-state index is 13.3. The van der Waals surface area contributed by atoms with Gasteiger partial charge >= 0.3 is 0 Å². The van der Waals surface area contributed by atoms with E-state index in [9.17, 15) is 17.6 Å². The number of sulfone groups is 1. The minimum Gasteiger partial charge on any atom is -0.300 e. The van der Waals surface area contributed by atoms with Gasteiger partial charge in [0.05, 0.1) is 28.1 Å². The van der Waals surface area contributed by atoms with Crippen molar-refractivity contribution < 1.29 is 17.6 Å². The molecule has 1 atom stereocenters. The highest BCUT2D eigenvalue weighted by Gasteiger charge is 2.38. The minimum absolute atomic E-state index is 0.201. The molecule has 1 N–H and O–H groups in total. The summed E-state index contributed by atoms with van der Waals surface area (Å²) >= 11 is 0.774. The Morgan fingerprint density at radius 1 is 1.23 bits per heavy atom. The van der Waals surface area contributed by atoms with Gasteiger partial charge in [-0.05, 0) is 37.3 Å². The van der Waals surface area contributed by atoms with E-state index in [1.807, 2.05) is 0 Å². The second kappa shape index (κ2) is 7.98. The van der Waals surface area contributed by atoms with Gasteiger partial charge in [0.2, 0.25) is 0 Å². The van der Waals surface area contributed by atoms with E-state index in [1.54, 1.807) is 29.1 Å². The van der Waals surface area contributed by atoms with Gasteiger partial charge in [-0.3, -0.25) is 9.48 Å². The molecule has 10 heteroatoms. The maximum Gasteiger partial charge on any atom is 0.251 e. The van der Waals surface area contributed by atoms with Gasteiger partial charge < -0.3 is 5.32 Å². The van der Waals surface area contributed by atoms with E-state index in [-0.39, 0.29) is 21.2 Å². The monoisotopic (exact) mass is 462 g/mol. The fourth-order valence-corrected chi connectivity index (χ4v) is 6.87. The van der Waals surface area contributed by atoms with Crippen molar-refractivity contribution in [3.63, 3.8) is 0 Å². The van der Waals surface area contributed by atoms with Crippen LogP contribution < -0.4 is 5.32 Å². The van der Waals surface area contributed by atoms with Crippen LogP contribution in [0.4, 0.5) is 9.52 Å². The molecule has 0 aliphatic heterocycles. The summed E-state index contributed by atoms with van der Waals surface area (Å²) in [7, 11) is -3.40. The number of rotatable bonds is 7. The molecule has 3 aromatic rings. The molecular formula is C21H23FN4O3S2. The Morgan fingerprint density at radius 3 is 2.68 bits per heavy atom. The Bertz CT molecular complexity index is 1230. The van der Waals surface area contributed by atoms with Gasteiger partial charge in [-0.2, -0.15) is 9.49 Å². The SMILES string of the molecule is O=C(Nc1ncc(F)s1)C(CC1CCCC1)n1ncc2c(S(=O)(=O)C3CC3)cccc21. The van der Waals surface area contributed by atoms with Crippen LogP contribution in [0.5, 0.6) is 0 Å². The molecule has 7 nitrogen and oxygen atoms in total. The summed E-state index contributed by atoms with van der Waals surface area (Å²) in [4.78, 5) is 17.4. The van der Waals surface area contributed by atoms with Crippen molar-refractivity contribution in [2.45, 2.75) is 61.1 Å². The Balaban J connectivity index is 1.53. The number of hydrogen-bond donors (Lipinski definition) is 1. The first kappa shape index (κ1) is 20.6. The highest BCUT2D eigenvalue weighted by molar-refractivity contribution is 7.92. The quantitative estimate of drug-likeness (QED) is 0.564. The van der Waals surface area contributed by atoms with Crippen LogP contribution in [0.15, 0.2) is 35.5 Å². The molecule has 2 aromatic heterocycles. The number of halogens is 1. The third-order valence-corrected chi connectivity index (χ3v) is 9.23. The van der Waals surface area contributed by atoms with Crippen LogP contribution in [0.3, 0.4) is 0 Å². The Kier molecular flexibility index (Phi) is 5.29. The number of thiazole rings is 1. The number of anilines is 1. The lowest BCUT2D eigenvalue weighted by Crippen LogP contribution is -2.28. The van der Waals surface area contributed by atoms with E-state index >= 15 is 0 Å². The first-order valence-electron chi connectivity index (χ1n) is 10.6. The van der Waals surface area contributed by atoms with Gasteiger partial charge in [-0.25, -0.2) is 13.4 Å². The first-order chi connectivity index (χ1) is 14.9. The number of amides is 1. The van der Waals surface area contributed by atoms with Crippen LogP contribution >= 0.6 is 11.3 Å². The maximum atomic E-state index is 13.3. The number of hydrogen-bond acceptors (Lipinski definition) is 6. The van der Waals surface area contributed by atoms with Crippen LogP contribution in [-0.4, -0.2) is 34.3 Å². The van der Waals surface area contributed by atoms with E-state index in [0.29, 0.717) is 36.1 Å². The van der Waals surface area contributed by atoms with Crippen molar-refractivity contribution >= 4 is 43.1 Å². The molecule has 2 heterocycles. The second-order valence-corrected chi connectivity index (χ2v) is 11.6. The minimum atomic E-state index is -3.40. The lowest BCUT2D eigenvalue weighted by Gasteiger charge is -2.21. The molecule has 0 bridgehead atoms. The molecule has 2 fully saturated rings. The zero-order valence-electron chi connectivity index (χ0n) is 16.8. The normalized spacial score (nSPS) is 18.5. The summed E-state index contributed by atoms with van der Waals surface area (Å²) in [5, 5.41) is 7.12. The topological polar surface area (TPSA) is 93.9 Å². The van der Waals surface area contributed by atoms with Crippen molar-refractivity contribution in [2.24, 2.45) is 5.92 Å². The molecule has 0 spiro atoms. The molecular weight excluding hydrogens is 439 g/mol. The van der Waals surface area contributed by atoms with Gasteiger partial charge in [0.1, 0.15) is 6.04 Å². The third-order valence-electron chi connectivity index (χ3n) is 6.21. The summed E-state index contributed by atoms with van der Waals surface area (Å²) in [5.74, 6) is 0.0723. The lowest BCUT2D eigenvalue weighted by atomic mass is 9.97. The molecule has 5 rings (SSSR count). The summed E-state index contributed by atoms with van der Waals surface area (Å²) < 4.78 is 40.7. The smallest absolute Gasteiger partial charge is 0.251 e. The number of carbonyl (C=O) groups is 1. The fraction of sp³-hybridized carbons (Fsp3) is 0.476. The average molecular weight is 463 g/mol. The summed E-state index contributed by atoms with van der Waals surface area (Å²) in [6.45, 7) is 0. The fourth-order valence-electron chi connectivity index (χ4n) is 4.48. The number of nitrogens with one attached hydrogen (secondary N) is 1. The van der Waals surface area contributed by atoms with Gasteiger partial charge in [0.15, 0.2) is 20.1 Å². The number of aromatic nitrogens is 3. The van der Waals surface area contributed by atoms with Crippen LogP contribution in [0.25, 0.3) is 10.9 Å². The van der Waals surface area contributed by atoms with Gasteiger partial charge in [0.25, 0.3) is 5.91 Å². The Morgan fingerprint density at radius 2 is 2.00 bits per heavy atom. The highest BCUT2D eigenvalue weighted by Crippen LogP contribution is 2.38. The van der Waals surface area contributed by atoms with E-state index in [1.165, 1.54) is 0 Å². The van der Waals surface area contributed by atoms with Gasteiger partial charge in [-0.15, -0.1) is 0 Å². The molecule has 164 valence electrons. The van der Waals surface area contributed by atoms with E-state index in [2.05, 4.69) is 15.4 Å². The second-order valence-electron chi connectivity index (χ2n) is 8.38. The summed E-state index contributed by atoms with van der Waals surface area (Å²) in [5.41, 5.74) is 0.616. The van der Waals surface area contributed by atoms with Gasteiger partial charge in [-0.1, -0.05) is 43.1 Å². The van der Waals surface area contributed by atoms with Crippen molar-refractivity contribution in [1.82, 2.24) is 14.8 Å². The summed E-state index contributed by atoms with van der Waals surface area (Å²) in [6.07, 6.45) is 8.96. The lowest BCUT2D eigenvalue weighted by molar-refractivity contribution is -0.119. The molecule has 2 aliphatic rings. The van der Waals surface area contributed by atoms with Crippen molar-refractivity contribution in [3.8, 4) is 0 Å². The summed E-state index contributed by atoms with van der Waals surface area (Å²) in [6, 6.07) is 4.49. The van der Waals surface area contributed by atoms with E-state index in [0.717, 1.165) is 43.2 Å². The first-order valence-corrected chi connectivity index (χ1v) is 12.9. The Labute approximate surface area is 183 Å². The largest absolute Gasteiger partial charge is 0.300 e. The predicted octanol–water partition coefficient (Wildman–Crippen LogP) is 4.33. The zero-order valence-corrected chi connectivity index (χ0v) is 18.5. The Hall–Kier alpha value is -2.33. The number of fused-ring (bicyclic) bond motifs is 1. The van der Waals surface area contributed by atoms with E-state index < -0.39 is 21.0 Å². The molecule has 0 radical (unpaired) electrons. The van der Waals surface area contributed by atoms with Crippen molar-refractivity contribution in [3.05, 3.63) is 35.7 Å². The average Bonchev–Trinajstić information content (AvgIpc) is 3.13. The van der Waals surface area contributed by atoms with E-state index in [4.69, 9.17) is 0 Å². The van der Waals surface area contributed by atoms with Crippen LogP contribution in [-0.2, 0) is 14.6 Å². The molecule has 2 saturated carbocycles. The zero-order chi connectivity index (χ0) is 21.6. The van der Waals surface area contributed by atoms with Crippen molar-refractivity contribution in [2.75, 3.05) is 5.32 Å². The molecule has 1 amide bonds. The number of benzene rings is 1. The van der Waals surface area contributed by atoms with Crippen LogP contribution in [0, 0.1) is 11.0 Å². The molecule has 31 heavy (non-hydrogen) atoms.